The van der Waals surface area contributed by atoms with Crippen molar-refractivity contribution in [2.75, 3.05) is 18.4 Å². The summed E-state index contributed by atoms with van der Waals surface area (Å²) in [5, 5.41) is 3.39. The minimum atomic E-state index is 0.625. The fourth-order valence-corrected chi connectivity index (χ4v) is 1.84. The molecule has 17 heavy (non-hydrogen) atoms. The highest BCUT2D eigenvalue weighted by Crippen LogP contribution is 2.11. The van der Waals surface area contributed by atoms with Gasteiger partial charge in [-0.15, -0.1) is 0 Å². The molecule has 1 aromatic heterocycles. The molecule has 0 amide bonds. The number of aryl methyl sites for hydroxylation is 2. The van der Waals surface area contributed by atoms with Crippen molar-refractivity contribution in [2.24, 2.45) is 11.7 Å². The van der Waals surface area contributed by atoms with Crippen LogP contribution < -0.4 is 11.1 Å². The molecule has 3 N–H and O–H groups in total. The molecule has 0 aliphatic heterocycles. The molecule has 1 aromatic rings. The number of nitrogens with zero attached hydrogens (tertiary/aromatic N) is 2. The Kier molecular flexibility index (Phi) is 5.91. The minimum Gasteiger partial charge on any atom is -0.370 e. The van der Waals surface area contributed by atoms with Gasteiger partial charge in [0, 0.05) is 18.3 Å². The van der Waals surface area contributed by atoms with Gasteiger partial charge in [0.25, 0.3) is 0 Å². The van der Waals surface area contributed by atoms with Crippen molar-refractivity contribution in [3.05, 3.63) is 17.6 Å². The quantitative estimate of drug-likeness (QED) is 0.761. The van der Waals surface area contributed by atoms with E-state index in [0.29, 0.717) is 5.92 Å². The number of anilines is 1. The Bertz CT molecular complexity index is 338. The van der Waals surface area contributed by atoms with E-state index in [1.165, 1.54) is 0 Å². The molecule has 0 fully saturated rings. The van der Waals surface area contributed by atoms with Crippen LogP contribution in [0.4, 0.5) is 5.82 Å². The summed E-state index contributed by atoms with van der Waals surface area (Å²) < 4.78 is 0. The Hall–Kier alpha value is -1.16. The van der Waals surface area contributed by atoms with Gasteiger partial charge in [-0.1, -0.05) is 20.3 Å². The number of aromatic nitrogens is 2. The zero-order valence-electron chi connectivity index (χ0n) is 11.2. The van der Waals surface area contributed by atoms with Gasteiger partial charge in [-0.3, -0.25) is 0 Å². The van der Waals surface area contributed by atoms with Crippen LogP contribution in [0.2, 0.25) is 0 Å². The van der Waals surface area contributed by atoms with Crippen LogP contribution in [-0.4, -0.2) is 23.1 Å². The van der Waals surface area contributed by atoms with Gasteiger partial charge < -0.3 is 11.1 Å². The molecule has 0 saturated heterocycles. The van der Waals surface area contributed by atoms with Gasteiger partial charge >= 0.3 is 0 Å². The van der Waals surface area contributed by atoms with E-state index in [1.807, 2.05) is 13.0 Å². The molecule has 0 aromatic carbocycles. The second kappa shape index (κ2) is 7.22. The van der Waals surface area contributed by atoms with E-state index in [1.54, 1.807) is 0 Å². The van der Waals surface area contributed by atoms with E-state index >= 15 is 0 Å². The van der Waals surface area contributed by atoms with Crippen molar-refractivity contribution >= 4 is 5.82 Å². The van der Waals surface area contributed by atoms with E-state index in [2.05, 4.69) is 29.1 Å². The molecule has 0 spiro atoms. The van der Waals surface area contributed by atoms with Crippen LogP contribution in [0.5, 0.6) is 0 Å². The maximum Gasteiger partial charge on any atom is 0.129 e. The molecule has 0 saturated carbocycles. The Morgan fingerprint density at radius 1 is 1.35 bits per heavy atom. The molecule has 0 aliphatic rings. The summed E-state index contributed by atoms with van der Waals surface area (Å²) >= 11 is 0. The molecule has 4 heteroatoms. The van der Waals surface area contributed by atoms with Gasteiger partial charge in [0.2, 0.25) is 0 Å². The smallest absolute Gasteiger partial charge is 0.129 e. The van der Waals surface area contributed by atoms with Crippen LogP contribution in [0.25, 0.3) is 0 Å². The van der Waals surface area contributed by atoms with Crippen LogP contribution in [0, 0.1) is 12.8 Å². The highest BCUT2D eigenvalue weighted by molar-refractivity contribution is 5.36. The summed E-state index contributed by atoms with van der Waals surface area (Å²) in [6, 6.07) is 2.03. The van der Waals surface area contributed by atoms with Crippen LogP contribution in [0.1, 0.15) is 38.2 Å². The van der Waals surface area contributed by atoms with Crippen LogP contribution in [0.15, 0.2) is 6.07 Å². The SMILES string of the molecule is CCc1cc(NCC(CC)CCN)nc(C)n1. The maximum atomic E-state index is 5.59. The summed E-state index contributed by atoms with van der Waals surface area (Å²) in [7, 11) is 0. The van der Waals surface area contributed by atoms with Crippen LogP contribution >= 0.6 is 0 Å². The molecule has 96 valence electrons. The summed E-state index contributed by atoms with van der Waals surface area (Å²) in [5.41, 5.74) is 6.68. The van der Waals surface area contributed by atoms with Crippen molar-refractivity contribution in [1.29, 1.82) is 0 Å². The van der Waals surface area contributed by atoms with Crippen LogP contribution in [-0.2, 0) is 6.42 Å². The first kappa shape index (κ1) is 13.9. The molecule has 4 nitrogen and oxygen atoms in total. The summed E-state index contributed by atoms with van der Waals surface area (Å²) in [5.74, 6) is 2.39. The van der Waals surface area contributed by atoms with E-state index in [0.717, 1.165) is 49.7 Å². The lowest BCUT2D eigenvalue weighted by Gasteiger charge is -2.15. The summed E-state index contributed by atoms with van der Waals surface area (Å²) in [6.07, 6.45) is 3.15. The van der Waals surface area contributed by atoms with Crippen molar-refractivity contribution in [1.82, 2.24) is 9.97 Å². The zero-order valence-corrected chi connectivity index (χ0v) is 11.2. The fourth-order valence-electron chi connectivity index (χ4n) is 1.84. The average molecular weight is 236 g/mol. The number of rotatable bonds is 7. The van der Waals surface area contributed by atoms with Gasteiger partial charge in [0.05, 0.1) is 0 Å². The second-order valence-electron chi connectivity index (χ2n) is 4.38. The van der Waals surface area contributed by atoms with Crippen molar-refractivity contribution < 1.29 is 0 Å². The third-order valence-electron chi connectivity index (χ3n) is 2.98. The molecule has 1 atom stereocenters. The van der Waals surface area contributed by atoms with Crippen molar-refractivity contribution in [3.63, 3.8) is 0 Å². The maximum absolute atomic E-state index is 5.59. The lowest BCUT2D eigenvalue weighted by Crippen LogP contribution is -2.18. The first-order chi connectivity index (χ1) is 8.19. The third-order valence-corrected chi connectivity index (χ3v) is 2.98. The Balaban J connectivity index is 2.58. The van der Waals surface area contributed by atoms with E-state index in [4.69, 9.17) is 5.73 Å². The van der Waals surface area contributed by atoms with Gasteiger partial charge in [0.1, 0.15) is 11.6 Å². The summed E-state index contributed by atoms with van der Waals surface area (Å²) in [4.78, 5) is 8.76. The monoisotopic (exact) mass is 236 g/mol. The number of nitrogens with one attached hydrogen (secondary N) is 1. The first-order valence-electron chi connectivity index (χ1n) is 6.48. The highest BCUT2D eigenvalue weighted by atomic mass is 15.0. The third kappa shape index (κ3) is 4.69. The summed E-state index contributed by atoms with van der Waals surface area (Å²) in [6.45, 7) is 7.93. The lowest BCUT2D eigenvalue weighted by molar-refractivity contribution is 0.501. The van der Waals surface area contributed by atoms with Crippen molar-refractivity contribution in [3.8, 4) is 0 Å². The van der Waals surface area contributed by atoms with Crippen LogP contribution in [0.3, 0.4) is 0 Å². The Morgan fingerprint density at radius 3 is 2.71 bits per heavy atom. The molecular weight excluding hydrogens is 212 g/mol. The fraction of sp³-hybridized carbons (Fsp3) is 0.692. The average Bonchev–Trinajstić information content (AvgIpc) is 2.33. The first-order valence-corrected chi connectivity index (χ1v) is 6.48. The predicted molar refractivity (Wildman–Crippen MR) is 72.1 cm³/mol. The predicted octanol–water partition coefficient (Wildman–Crippen LogP) is 2.13. The molecule has 1 unspecified atom stereocenters. The molecule has 0 radical (unpaired) electrons. The number of hydrogen-bond acceptors (Lipinski definition) is 4. The Labute approximate surface area is 104 Å². The Morgan fingerprint density at radius 2 is 2.12 bits per heavy atom. The minimum absolute atomic E-state index is 0.625. The van der Waals surface area contributed by atoms with Gasteiger partial charge in [-0.25, -0.2) is 9.97 Å². The van der Waals surface area contributed by atoms with E-state index < -0.39 is 0 Å². The molecule has 0 aliphatic carbocycles. The largest absolute Gasteiger partial charge is 0.370 e. The topological polar surface area (TPSA) is 63.8 Å². The van der Waals surface area contributed by atoms with Crippen molar-refractivity contribution in [2.45, 2.75) is 40.0 Å². The molecular formula is C13H24N4. The van der Waals surface area contributed by atoms with Gasteiger partial charge in [-0.05, 0) is 32.2 Å². The number of nitrogens with two attached hydrogens (primary N) is 1. The van der Waals surface area contributed by atoms with Gasteiger partial charge in [0.15, 0.2) is 0 Å². The molecule has 0 bridgehead atoms. The lowest BCUT2D eigenvalue weighted by atomic mass is 10.0. The van der Waals surface area contributed by atoms with E-state index in [9.17, 15) is 0 Å². The normalized spacial score (nSPS) is 12.5. The highest BCUT2D eigenvalue weighted by Gasteiger charge is 2.06. The molecule has 1 heterocycles. The molecule has 1 rings (SSSR count). The van der Waals surface area contributed by atoms with Gasteiger partial charge in [-0.2, -0.15) is 0 Å². The number of hydrogen-bond donors (Lipinski definition) is 2. The van der Waals surface area contributed by atoms with E-state index in [-0.39, 0.29) is 0 Å². The second-order valence-corrected chi connectivity index (χ2v) is 4.38. The zero-order chi connectivity index (χ0) is 12.7. The standard InChI is InChI=1S/C13H24N4/c1-4-11(6-7-14)9-15-13-8-12(5-2)16-10(3)17-13/h8,11H,4-7,9,14H2,1-3H3,(H,15,16,17).